The summed E-state index contributed by atoms with van der Waals surface area (Å²) in [5.41, 5.74) is 7.14. The van der Waals surface area contributed by atoms with Gasteiger partial charge in [0.2, 0.25) is 5.91 Å². The standard InChI is InChI=1S/C16H22N4O/c17-9-8-15(18)13-4-6-14(7-5-13)19-16(21)12-20-10-2-1-3-11-20/h4-9,18H,1-3,10-12,17H2,(H,19,21). The van der Waals surface area contributed by atoms with Crippen LogP contribution < -0.4 is 11.1 Å². The highest BCUT2D eigenvalue weighted by atomic mass is 16.2. The lowest BCUT2D eigenvalue weighted by molar-refractivity contribution is -0.117. The average molecular weight is 286 g/mol. The zero-order valence-electron chi connectivity index (χ0n) is 12.1. The van der Waals surface area contributed by atoms with Gasteiger partial charge in [0.25, 0.3) is 0 Å². The molecule has 1 aliphatic heterocycles. The Balaban J connectivity index is 1.87. The molecule has 0 radical (unpaired) electrons. The van der Waals surface area contributed by atoms with Crippen molar-refractivity contribution in [2.24, 2.45) is 5.73 Å². The van der Waals surface area contributed by atoms with E-state index in [0.29, 0.717) is 12.3 Å². The largest absolute Gasteiger partial charge is 0.405 e. The van der Waals surface area contributed by atoms with Gasteiger partial charge in [-0.2, -0.15) is 0 Å². The highest BCUT2D eigenvalue weighted by Crippen LogP contribution is 2.12. The number of anilines is 1. The molecule has 112 valence electrons. The SMILES string of the molecule is N=C(C=CN)c1ccc(NC(=O)CN2CCCCC2)cc1. The summed E-state index contributed by atoms with van der Waals surface area (Å²) in [5.74, 6) is 0.0154. The number of likely N-dealkylation sites (tertiary alicyclic amines) is 1. The van der Waals surface area contributed by atoms with Crippen LogP contribution in [0.4, 0.5) is 5.69 Å². The van der Waals surface area contributed by atoms with Crippen LogP contribution in [0.3, 0.4) is 0 Å². The second-order valence-electron chi connectivity index (χ2n) is 5.24. The summed E-state index contributed by atoms with van der Waals surface area (Å²) < 4.78 is 0. The van der Waals surface area contributed by atoms with Crippen molar-refractivity contribution in [3.8, 4) is 0 Å². The molecule has 0 saturated carbocycles. The van der Waals surface area contributed by atoms with Gasteiger partial charge in [-0.05, 0) is 55.9 Å². The number of carbonyl (C=O) groups is 1. The second kappa shape index (κ2) is 7.59. The number of piperidine rings is 1. The van der Waals surface area contributed by atoms with Gasteiger partial charge in [-0.15, -0.1) is 0 Å². The number of allylic oxidation sites excluding steroid dienone is 1. The van der Waals surface area contributed by atoms with E-state index in [2.05, 4.69) is 10.2 Å². The quantitative estimate of drug-likeness (QED) is 0.724. The summed E-state index contributed by atoms with van der Waals surface area (Å²) in [6, 6.07) is 7.22. The molecule has 0 aliphatic carbocycles. The zero-order valence-corrected chi connectivity index (χ0v) is 12.1. The summed E-state index contributed by atoms with van der Waals surface area (Å²) in [4.78, 5) is 14.2. The summed E-state index contributed by atoms with van der Waals surface area (Å²) in [6.45, 7) is 2.47. The first-order valence-corrected chi connectivity index (χ1v) is 7.28. The van der Waals surface area contributed by atoms with Crippen LogP contribution in [0.1, 0.15) is 24.8 Å². The Morgan fingerprint density at radius 3 is 2.52 bits per heavy atom. The van der Waals surface area contributed by atoms with Gasteiger partial charge in [-0.1, -0.05) is 18.6 Å². The van der Waals surface area contributed by atoms with Crippen molar-refractivity contribution < 1.29 is 4.79 Å². The third-order valence-corrected chi connectivity index (χ3v) is 3.56. The molecule has 5 nitrogen and oxygen atoms in total. The minimum atomic E-state index is 0.0154. The maximum atomic E-state index is 12.0. The maximum absolute atomic E-state index is 12.0. The van der Waals surface area contributed by atoms with Crippen LogP contribution >= 0.6 is 0 Å². The summed E-state index contributed by atoms with van der Waals surface area (Å²) in [5, 5.41) is 10.6. The summed E-state index contributed by atoms with van der Waals surface area (Å²) in [7, 11) is 0. The zero-order chi connectivity index (χ0) is 15.1. The third kappa shape index (κ3) is 4.72. The van der Waals surface area contributed by atoms with Gasteiger partial charge >= 0.3 is 0 Å². The van der Waals surface area contributed by atoms with Gasteiger partial charge in [-0.25, -0.2) is 0 Å². The van der Waals surface area contributed by atoms with E-state index in [0.717, 1.165) is 24.3 Å². The third-order valence-electron chi connectivity index (χ3n) is 3.56. The first kappa shape index (κ1) is 15.3. The van der Waals surface area contributed by atoms with E-state index < -0.39 is 0 Å². The van der Waals surface area contributed by atoms with Crippen molar-refractivity contribution >= 4 is 17.3 Å². The number of nitrogens with zero attached hydrogens (tertiary/aromatic N) is 1. The van der Waals surface area contributed by atoms with Gasteiger partial charge in [-0.3, -0.25) is 9.69 Å². The summed E-state index contributed by atoms with van der Waals surface area (Å²) in [6.07, 6.45) is 6.50. The van der Waals surface area contributed by atoms with Crippen LogP contribution in [-0.4, -0.2) is 36.2 Å². The Kier molecular flexibility index (Phi) is 5.51. The lowest BCUT2D eigenvalue weighted by Crippen LogP contribution is -2.36. The molecule has 0 bridgehead atoms. The van der Waals surface area contributed by atoms with Gasteiger partial charge in [0.05, 0.1) is 12.3 Å². The number of nitrogens with two attached hydrogens (primary N) is 1. The van der Waals surface area contributed by atoms with E-state index in [4.69, 9.17) is 11.1 Å². The molecule has 1 aromatic carbocycles. The van der Waals surface area contributed by atoms with Gasteiger partial charge in [0.1, 0.15) is 0 Å². The molecule has 1 aromatic rings. The minimum absolute atomic E-state index is 0.0154. The molecule has 4 N–H and O–H groups in total. The fourth-order valence-corrected chi connectivity index (χ4v) is 2.45. The second-order valence-corrected chi connectivity index (χ2v) is 5.24. The molecule has 21 heavy (non-hydrogen) atoms. The Morgan fingerprint density at radius 1 is 1.24 bits per heavy atom. The van der Waals surface area contributed by atoms with Crippen molar-refractivity contribution in [1.82, 2.24) is 4.90 Å². The highest BCUT2D eigenvalue weighted by molar-refractivity contribution is 6.06. The number of hydrogen-bond acceptors (Lipinski definition) is 4. The Labute approximate surface area is 125 Å². The monoisotopic (exact) mass is 286 g/mol. The van der Waals surface area contributed by atoms with Crippen LogP contribution in [0, 0.1) is 5.41 Å². The molecule has 1 fully saturated rings. The van der Waals surface area contributed by atoms with Gasteiger partial charge < -0.3 is 16.5 Å². The molecule has 0 unspecified atom stereocenters. The number of amides is 1. The lowest BCUT2D eigenvalue weighted by Gasteiger charge is -2.25. The van der Waals surface area contributed by atoms with Crippen LogP contribution in [0.2, 0.25) is 0 Å². The Morgan fingerprint density at radius 2 is 1.90 bits per heavy atom. The van der Waals surface area contributed by atoms with Crippen molar-refractivity contribution in [2.75, 3.05) is 25.0 Å². The van der Waals surface area contributed by atoms with Gasteiger partial charge in [0.15, 0.2) is 0 Å². The first-order chi connectivity index (χ1) is 10.2. The van der Waals surface area contributed by atoms with Gasteiger partial charge in [0, 0.05) is 5.69 Å². The van der Waals surface area contributed by atoms with Crippen molar-refractivity contribution in [3.63, 3.8) is 0 Å². The number of carbonyl (C=O) groups excluding carboxylic acids is 1. The average Bonchev–Trinajstić information content (AvgIpc) is 2.49. The fraction of sp³-hybridized carbons (Fsp3) is 0.375. The molecule has 1 saturated heterocycles. The van der Waals surface area contributed by atoms with E-state index >= 15 is 0 Å². The van der Waals surface area contributed by atoms with Crippen molar-refractivity contribution in [2.45, 2.75) is 19.3 Å². The van der Waals surface area contributed by atoms with Crippen LogP contribution in [-0.2, 0) is 4.79 Å². The molecule has 5 heteroatoms. The molecule has 1 amide bonds. The smallest absolute Gasteiger partial charge is 0.238 e. The number of rotatable bonds is 5. The van der Waals surface area contributed by atoms with Crippen LogP contribution in [0.5, 0.6) is 0 Å². The van der Waals surface area contributed by atoms with Crippen molar-refractivity contribution in [3.05, 3.63) is 42.1 Å². The predicted molar refractivity (Wildman–Crippen MR) is 85.5 cm³/mol. The highest BCUT2D eigenvalue weighted by Gasteiger charge is 2.13. The topological polar surface area (TPSA) is 82.2 Å². The number of nitrogens with one attached hydrogen (secondary N) is 2. The van der Waals surface area contributed by atoms with E-state index in [1.807, 2.05) is 12.1 Å². The first-order valence-electron chi connectivity index (χ1n) is 7.28. The molecule has 0 aromatic heterocycles. The normalized spacial score (nSPS) is 16.0. The molecule has 2 rings (SSSR count). The Bertz CT molecular complexity index is 516. The lowest BCUT2D eigenvalue weighted by atomic mass is 10.1. The van der Waals surface area contributed by atoms with Crippen LogP contribution in [0.25, 0.3) is 0 Å². The molecule has 1 aliphatic rings. The molecular weight excluding hydrogens is 264 g/mol. The van der Waals surface area contributed by atoms with Crippen LogP contribution in [0.15, 0.2) is 36.5 Å². The summed E-state index contributed by atoms with van der Waals surface area (Å²) >= 11 is 0. The van der Waals surface area contributed by atoms with E-state index in [1.165, 1.54) is 31.5 Å². The molecular formula is C16H22N4O. The van der Waals surface area contributed by atoms with E-state index in [9.17, 15) is 4.79 Å². The molecule has 0 spiro atoms. The maximum Gasteiger partial charge on any atom is 0.238 e. The fourth-order valence-electron chi connectivity index (χ4n) is 2.45. The molecule has 0 atom stereocenters. The van der Waals surface area contributed by atoms with E-state index in [-0.39, 0.29) is 5.91 Å². The van der Waals surface area contributed by atoms with E-state index in [1.54, 1.807) is 12.1 Å². The predicted octanol–water partition coefficient (Wildman–Crippen LogP) is 1.95. The minimum Gasteiger partial charge on any atom is -0.405 e. The number of hydrogen-bond donors (Lipinski definition) is 3. The number of benzene rings is 1. The Hall–Kier alpha value is -2.14. The molecule has 1 heterocycles. The van der Waals surface area contributed by atoms with Crippen molar-refractivity contribution in [1.29, 1.82) is 5.41 Å².